The van der Waals surface area contributed by atoms with Crippen molar-refractivity contribution in [1.29, 1.82) is 0 Å². The number of rotatable bonds is 5. The standard InChI is InChI=1S/C28H26F9N5O3/c1-13-22(15(3)45-40-13)20-10-38-24(41-6-4-5-17(11-41)26(29,30)31)21(39-20)12-42-14(2)23(44-25(42)43)16-7-18(27(32,33)34)9-19(8-16)28(35,36)37/h7-10,14,17,23H,4-6,11-12H2,1-3H3/t14-,17?,23+/m0/s1. The van der Waals surface area contributed by atoms with Crippen molar-refractivity contribution in [2.45, 2.75) is 70.8 Å². The molecule has 2 fully saturated rings. The molecule has 0 aliphatic carbocycles. The van der Waals surface area contributed by atoms with Gasteiger partial charge in [-0.2, -0.15) is 39.5 Å². The molecule has 1 unspecified atom stereocenters. The molecule has 0 radical (unpaired) electrons. The van der Waals surface area contributed by atoms with E-state index in [1.807, 2.05) is 0 Å². The molecule has 3 aromatic rings. The van der Waals surface area contributed by atoms with Gasteiger partial charge in [0.15, 0.2) is 5.82 Å². The lowest BCUT2D eigenvalue weighted by atomic mass is 9.97. The van der Waals surface area contributed by atoms with Gasteiger partial charge in [-0.25, -0.2) is 14.8 Å². The topological polar surface area (TPSA) is 84.6 Å². The number of piperidine rings is 1. The largest absolute Gasteiger partial charge is 0.439 e. The lowest BCUT2D eigenvalue weighted by molar-refractivity contribution is -0.176. The zero-order valence-electron chi connectivity index (χ0n) is 23.9. The first-order valence-corrected chi connectivity index (χ1v) is 13.7. The summed E-state index contributed by atoms with van der Waals surface area (Å²) in [6.07, 6.45) is -15.9. The molecular formula is C28H26F9N5O3. The summed E-state index contributed by atoms with van der Waals surface area (Å²) in [5.41, 5.74) is -2.49. The zero-order valence-corrected chi connectivity index (χ0v) is 23.9. The van der Waals surface area contributed by atoms with Crippen LogP contribution < -0.4 is 4.90 Å². The zero-order chi connectivity index (χ0) is 33.1. The van der Waals surface area contributed by atoms with E-state index in [-0.39, 0.29) is 42.7 Å². The van der Waals surface area contributed by atoms with Crippen LogP contribution in [0.25, 0.3) is 11.3 Å². The first-order chi connectivity index (χ1) is 20.8. The molecule has 1 aromatic carbocycles. The van der Waals surface area contributed by atoms with Gasteiger partial charge in [0, 0.05) is 13.1 Å². The number of ether oxygens (including phenoxy) is 1. The molecule has 244 valence electrons. The number of alkyl halides is 9. The second-order valence-corrected chi connectivity index (χ2v) is 11.1. The molecule has 0 saturated carbocycles. The van der Waals surface area contributed by atoms with Crippen molar-refractivity contribution >= 4 is 11.9 Å². The third kappa shape index (κ3) is 6.52. The number of benzene rings is 1. The number of anilines is 1. The molecule has 0 bridgehead atoms. The molecule has 0 spiro atoms. The summed E-state index contributed by atoms with van der Waals surface area (Å²) in [5, 5.41) is 3.87. The number of carbonyl (C=O) groups is 1. The van der Waals surface area contributed by atoms with E-state index in [1.54, 1.807) is 13.8 Å². The number of cyclic esters (lactones) is 1. The molecule has 0 N–H and O–H groups in total. The molecule has 2 aromatic heterocycles. The number of aryl methyl sites for hydroxylation is 2. The van der Waals surface area contributed by atoms with Crippen molar-refractivity contribution in [2.75, 3.05) is 18.0 Å². The van der Waals surface area contributed by atoms with Crippen LogP contribution in [0.2, 0.25) is 0 Å². The van der Waals surface area contributed by atoms with Crippen molar-refractivity contribution in [2.24, 2.45) is 5.92 Å². The van der Waals surface area contributed by atoms with Gasteiger partial charge in [-0.15, -0.1) is 0 Å². The second kappa shape index (κ2) is 11.4. The van der Waals surface area contributed by atoms with Gasteiger partial charge >= 0.3 is 24.6 Å². The molecule has 2 aliphatic rings. The Labute approximate surface area is 250 Å². The maximum absolute atomic E-state index is 13.6. The molecular weight excluding hydrogens is 625 g/mol. The van der Waals surface area contributed by atoms with E-state index < -0.39 is 72.5 Å². The van der Waals surface area contributed by atoms with Gasteiger partial charge in [0.2, 0.25) is 0 Å². The van der Waals surface area contributed by atoms with E-state index in [9.17, 15) is 44.3 Å². The minimum atomic E-state index is -5.12. The summed E-state index contributed by atoms with van der Waals surface area (Å²) >= 11 is 0. The smallest absolute Gasteiger partial charge is 0.416 e. The minimum Gasteiger partial charge on any atom is -0.439 e. The number of hydrogen-bond donors (Lipinski definition) is 0. The summed E-state index contributed by atoms with van der Waals surface area (Å²) in [6, 6.07) is -0.163. The van der Waals surface area contributed by atoms with Crippen LogP contribution in [0.1, 0.15) is 59.7 Å². The van der Waals surface area contributed by atoms with Crippen molar-refractivity contribution in [1.82, 2.24) is 20.0 Å². The number of halogens is 9. The van der Waals surface area contributed by atoms with E-state index in [4.69, 9.17) is 9.26 Å². The maximum atomic E-state index is 13.6. The highest BCUT2D eigenvalue weighted by molar-refractivity contribution is 5.72. The highest BCUT2D eigenvalue weighted by Crippen LogP contribution is 2.42. The molecule has 2 aliphatic heterocycles. The summed E-state index contributed by atoms with van der Waals surface area (Å²) in [7, 11) is 0. The molecule has 2 saturated heterocycles. The fraction of sp³-hybridized carbons (Fsp3) is 0.500. The SMILES string of the molecule is Cc1noc(C)c1-c1cnc(N2CCCC(C(F)(F)F)C2)c(CN2C(=O)O[C@@H](c3cc(C(F)(F)F)cc(C(F)(F)F)c3)[C@@H]2C)n1. The normalized spacial score (nSPS) is 21.4. The first kappa shape index (κ1) is 32.3. The fourth-order valence-electron chi connectivity index (χ4n) is 5.66. The van der Waals surface area contributed by atoms with E-state index in [1.165, 1.54) is 18.0 Å². The molecule has 3 atom stereocenters. The van der Waals surface area contributed by atoms with Crippen LogP contribution in [-0.2, 0) is 23.6 Å². The molecule has 4 heterocycles. The second-order valence-electron chi connectivity index (χ2n) is 11.1. The minimum absolute atomic E-state index is 0.0302. The predicted molar refractivity (Wildman–Crippen MR) is 139 cm³/mol. The lowest BCUT2D eigenvalue weighted by Crippen LogP contribution is -2.43. The summed E-state index contributed by atoms with van der Waals surface area (Å²) < 4.78 is 132. The third-order valence-electron chi connectivity index (χ3n) is 7.95. The summed E-state index contributed by atoms with van der Waals surface area (Å²) in [5.74, 6) is -1.23. The van der Waals surface area contributed by atoms with E-state index in [0.29, 0.717) is 29.2 Å². The Morgan fingerprint density at radius 3 is 2.18 bits per heavy atom. The Hall–Kier alpha value is -4.05. The van der Waals surface area contributed by atoms with Crippen LogP contribution in [0.5, 0.6) is 0 Å². The van der Waals surface area contributed by atoms with Crippen molar-refractivity contribution in [3.63, 3.8) is 0 Å². The molecule has 17 heteroatoms. The number of carbonyl (C=O) groups excluding carboxylic acids is 1. The van der Waals surface area contributed by atoms with Crippen LogP contribution in [0, 0.1) is 19.8 Å². The highest BCUT2D eigenvalue weighted by Gasteiger charge is 2.45. The van der Waals surface area contributed by atoms with Gasteiger partial charge in [-0.3, -0.25) is 4.90 Å². The highest BCUT2D eigenvalue weighted by atomic mass is 19.4. The number of amides is 1. The summed E-state index contributed by atoms with van der Waals surface area (Å²) in [6.45, 7) is 3.96. The van der Waals surface area contributed by atoms with Gasteiger partial charge in [0.25, 0.3) is 0 Å². The van der Waals surface area contributed by atoms with E-state index in [2.05, 4.69) is 15.1 Å². The van der Waals surface area contributed by atoms with Crippen LogP contribution in [0.3, 0.4) is 0 Å². The average molecular weight is 652 g/mol. The van der Waals surface area contributed by atoms with Crippen LogP contribution >= 0.6 is 0 Å². The number of aromatic nitrogens is 3. The van der Waals surface area contributed by atoms with Gasteiger partial charge in [0.05, 0.1) is 52.8 Å². The first-order valence-electron chi connectivity index (χ1n) is 13.7. The quantitative estimate of drug-likeness (QED) is 0.262. The Kier molecular flexibility index (Phi) is 8.19. The van der Waals surface area contributed by atoms with Crippen LogP contribution in [-0.4, -0.2) is 51.4 Å². The third-order valence-corrected chi connectivity index (χ3v) is 7.95. The lowest BCUT2D eigenvalue weighted by Gasteiger charge is -2.35. The van der Waals surface area contributed by atoms with E-state index in [0.717, 1.165) is 4.90 Å². The Morgan fingerprint density at radius 2 is 1.62 bits per heavy atom. The fourth-order valence-corrected chi connectivity index (χ4v) is 5.66. The molecule has 5 rings (SSSR count). The Balaban J connectivity index is 1.53. The average Bonchev–Trinajstić information content (AvgIpc) is 3.43. The maximum Gasteiger partial charge on any atom is 0.416 e. The predicted octanol–water partition coefficient (Wildman–Crippen LogP) is 7.65. The van der Waals surface area contributed by atoms with E-state index >= 15 is 0 Å². The van der Waals surface area contributed by atoms with Crippen LogP contribution in [0.15, 0.2) is 28.9 Å². The molecule has 1 amide bonds. The van der Waals surface area contributed by atoms with Gasteiger partial charge < -0.3 is 14.2 Å². The van der Waals surface area contributed by atoms with Gasteiger partial charge in [-0.05, 0) is 57.4 Å². The Bertz CT molecular complexity index is 1530. The van der Waals surface area contributed by atoms with Crippen molar-refractivity contribution in [3.8, 4) is 11.3 Å². The van der Waals surface area contributed by atoms with Crippen molar-refractivity contribution in [3.05, 3.63) is 58.2 Å². The van der Waals surface area contributed by atoms with Crippen LogP contribution in [0.4, 0.5) is 50.1 Å². The molecule has 8 nitrogen and oxygen atoms in total. The summed E-state index contributed by atoms with van der Waals surface area (Å²) in [4.78, 5) is 24.5. The monoisotopic (exact) mass is 651 g/mol. The van der Waals surface area contributed by atoms with Gasteiger partial charge in [0.1, 0.15) is 17.6 Å². The number of nitrogens with zero attached hydrogens (tertiary/aromatic N) is 5. The van der Waals surface area contributed by atoms with Crippen molar-refractivity contribution < 1.29 is 53.6 Å². The van der Waals surface area contributed by atoms with Gasteiger partial charge in [-0.1, -0.05) is 5.16 Å². The Morgan fingerprint density at radius 1 is 0.978 bits per heavy atom. The molecule has 45 heavy (non-hydrogen) atoms. The number of hydrogen-bond acceptors (Lipinski definition) is 7.